The van der Waals surface area contributed by atoms with Crippen LogP contribution in [0.3, 0.4) is 0 Å². The largest absolute Gasteiger partial charge is 0.462 e. The SMILES string of the molecule is CC(C)COC(=O)c1ccccc1N1C(=O)c2c(Cl)c(Cl)c(Cl)c(Cl)c2C1=O. The van der Waals surface area contributed by atoms with Crippen LogP contribution in [0.2, 0.25) is 20.1 Å². The van der Waals surface area contributed by atoms with Gasteiger partial charge in [0.2, 0.25) is 0 Å². The van der Waals surface area contributed by atoms with Crippen molar-refractivity contribution in [2.75, 3.05) is 11.5 Å². The molecule has 2 amide bonds. The van der Waals surface area contributed by atoms with Crippen molar-refractivity contribution >= 4 is 69.9 Å². The molecule has 0 saturated carbocycles. The van der Waals surface area contributed by atoms with E-state index < -0.39 is 17.8 Å². The molecular formula is C19H13Cl4NO4. The third kappa shape index (κ3) is 3.37. The van der Waals surface area contributed by atoms with Crippen LogP contribution in [0.4, 0.5) is 5.69 Å². The highest BCUT2D eigenvalue weighted by Crippen LogP contribution is 2.46. The van der Waals surface area contributed by atoms with E-state index in [1.54, 1.807) is 12.1 Å². The van der Waals surface area contributed by atoms with Crippen molar-refractivity contribution in [1.82, 2.24) is 0 Å². The number of fused-ring (bicyclic) bond motifs is 1. The first-order chi connectivity index (χ1) is 13.2. The lowest BCUT2D eigenvalue weighted by Gasteiger charge is -2.18. The number of carbonyl (C=O) groups excluding carboxylic acids is 3. The second-order valence-electron chi connectivity index (χ2n) is 6.46. The topological polar surface area (TPSA) is 63.7 Å². The van der Waals surface area contributed by atoms with E-state index in [4.69, 9.17) is 51.1 Å². The van der Waals surface area contributed by atoms with Crippen LogP contribution < -0.4 is 4.90 Å². The fraction of sp³-hybridized carbons (Fsp3) is 0.211. The molecule has 146 valence electrons. The number of hydrogen-bond acceptors (Lipinski definition) is 4. The molecule has 1 aliphatic rings. The van der Waals surface area contributed by atoms with Gasteiger partial charge in [-0.05, 0) is 18.1 Å². The number of ether oxygens (including phenoxy) is 1. The van der Waals surface area contributed by atoms with E-state index in [2.05, 4.69) is 0 Å². The zero-order chi connectivity index (χ0) is 20.7. The summed E-state index contributed by atoms with van der Waals surface area (Å²) in [5, 5.41) is -0.599. The Kier molecular flexibility index (Phi) is 5.92. The van der Waals surface area contributed by atoms with Gasteiger partial charge in [-0.1, -0.05) is 72.4 Å². The van der Waals surface area contributed by atoms with E-state index in [0.717, 1.165) is 4.90 Å². The van der Waals surface area contributed by atoms with Crippen LogP contribution >= 0.6 is 46.4 Å². The first kappa shape index (κ1) is 20.9. The van der Waals surface area contributed by atoms with Crippen LogP contribution in [0.5, 0.6) is 0 Å². The van der Waals surface area contributed by atoms with E-state index in [9.17, 15) is 14.4 Å². The standard InChI is InChI=1S/C19H13Cl4NO4/c1-8(2)7-28-19(27)9-5-3-4-6-10(9)24-17(25)11-12(18(24)26)14(21)16(23)15(22)13(11)20/h3-6,8H,7H2,1-2H3. The van der Waals surface area contributed by atoms with Crippen molar-refractivity contribution in [2.45, 2.75) is 13.8 Å². The van der Waals surface area contributed by atoms with E-state index in [1.165, 1.54) is 12.1 Å². The maximum absolute atomic E-state index is 13.0. The van der Waals surface area contributed by atoms with E-state index in [0.29, 0.717) is 0 Å². The lowest BCUT2D eigenvalue weighted by molar-refractivity contribution is 0.0460. The van der Waals surface area contributed by atoms with Gasteiger partial charge in [0.1, 0.15) is 0 Å². The lowest BCUT2D eigenvalue weighted by atomic mass is 10.1. The number of anilines is 1. The summed E-state index contributed by atoms with van der Waals surface area (Å²) in [6.07, 6.45) is 0. The van der Waals surface area contributed by atoms with Gasteiger partial charge in [-0.15, -0.1) is 0 Å². The van der Waals surface area contributed by atoms with Crippen molar-refractivity contribution in [1.29, 1.82) is 0 Å². The van der Waals surface area contributed by atoms with Gasteiger partial charge in [0.25, 0.3) is 11.8 Å². The molecule has 0 fully saturated rings. The minimum Gasteiger partial charge on any atom is -0.462 e. The van der Waals surface area contributed by atoms with Crippen LogP contribution in [0.15, 0.2) is 24.3 Å². The summed E-state index contributed by atoms with van der Waals surface area (Å²) < 4.78 is 5.24. The van der Waals surface area contributed by atoms with Gasteiger partial charge >= 0.3 is 5.97 Å². The number of esters is 1. The zero-order valence-electron chi connectivity index (χ0n) is 14.7. The molecule has 1 heterocycles. The second kappa shape index (κ2) is 7.91. The van der Waals surface area contributed by atoms with Crippen molar-refractivity contribution in [3.8, 4) is 0 Å². The molecular weight excluding hydrogens is 448 g/mol. The van der Waals surface area contributed by atoms with Crippen molar-refractivity contribution in [2.24, 2.45) is 5.92 Å². The Morgan fingerprint density at radius 3 is 1.93 bits per heavy atom. The summed E-state index contributed by atoms with van der Waals surface area (Å²) in [7, 11) is 0. The molecule has 0 aromatic heterocycles. The molecule has 5 nitrogen and oxygen atoms in total. The number of rotatable bonds is 4. The predicted octanol–water partition coefficient (Wildman–Crippen LogP) is 5.91. The average Bonchev–Trinajstić information content (AvgIpc) is 2.93. The normalized spacial score (nSPS) is 13.3. The van der Waals surface area contributed by atoms with Crippen molar-refractivity contribution in [3.05, 3.63) is 61.0 Å². The van der Waals surface area contributed by atoms with Gasteiger partial charge in [-0.3, -0.25) is 9.59 Å². The van der Waals surface area contributed by atoms with E-state index in [1.807, 2.05) is 13.8 Å². The Labute approximate surface area is 181 Å². The number of carbonyl (C=O) groups is 3. The Hall–Kier alpha value is -1.79. The minimum atomic E-state index is -0.755. The number of imide groups is 1. The van der Waals surface area contributed by atoms with Crippen LogP contribution in [0.25, 0.3) is 0 Å². The summed E-state index contributed by atoms with van der Waals surface area (Å²) >= 11 is 24.3. The maximum atomic E-state index is 13.0. The number of hydrogen-bond donors (Lipinski definition) is 0. The van der Waals surface area contributed by atoms with Crippen molar-refractivity contribution < 1.29 is 19.1 Å². The first-order valence-corrected chi connectivity index (χ1v) is 9.68. The Bertz CT molecular complexity index is 972. The van der Waals surface area contributed by atoms with E-state index in [-0.39, 0.29) is 55.0 Å². The van der Waals surface area contributed by atoms with Gasteiger partial charge in [0.15, 0.2) is 0 Å². The monoisotopic (exact) mass is 459 g/mol. The molecule has 0 spiro atoms. The molecule has 3 rings (SSSR count). The Morgan fingerprint density at radius 2 is 1.43 bits per heavy atom. The van der Waals surface area contributed by atoms with Crippen LogP contribution in [-0.2, 0) is 4.74 Å². The van der Waals surface area contributed by atoms with Gasteiger partial charge in [-0.25, -0.2) is 9.69 Å². The predicted molar refractivity (Wildman–Crippen MR) is 109 cm³/mol. The molecule has 28 heavy (non-hydrogen) atoms. The summed E-state index contributed by atoms with van der Waals surface area (Å²) in [4.78, 5) is 39.3. The minimum absolute atomic E-state index is 0.0573. The number of amides is 2. The first-order valence-electron chi connectivity index (χ1n) is 8.17. The quantitative estimate of drug-likeness (QED) is 0.246. The third-order valence-electron chi connectivity index (χ3n) is 4.01. The van der Waals surface area contributed by atoms with Crippen LogP contribution in [0.1, 0.15) is 44.9 Å². The van der Waals surface area contributed by atoms with Gasteiger partial charge in [0.05, 0.1) is 49.1 Å². The zero-order valence-corrected chi connectivity index (χ0v) is 17.7. The smallest absolute Gasteiger partial charge is 0.340 e. The average molecular weight is 461 g/mol. The lowest BCUT2D eigenvalue weighted by Crippen LogP contribution is -2.31. The summed E-state index contributed by atoms with van der Waals surface area (Å²) in [6.45, 7) is 3.97. The second-order valence-corrected chi connectivity index (χ2v) is 7.97. The summed E-state index contributed by atoms with van der Waals surface area (Å²) in [5.74, 6) is -2.05. The molecule has 1 aliphatic heterocycles. The molecule has 0 bridgehead atoms. The van der Waals surface area contributed by atoms with Crippen molar-refractivity contribution in [3.63, 3.8) is 0 Å². The van der Waals surface area contributed by atoms with Gasteiger partial charge < -0.3 is 4.74 Å². The van der Waals surface area contributed by atoms with E-state index >= 15 is 0 Å². The highest BCUT2D eigenvalue weighted by molar-refractivity contribution is 6.56. The van der Waals surface area contributed by atoms with Gasteiger partial charge in [-0.2, -0.15) is 0 Å². The fourth-order valence-electron chi connectivity index (χ4n) is 2.73. The molecule has 2 aromatic carbocycles. The number of para-hydroxylation sites is 1. The summed E-state index contributed by atoms with van der Waals surface area (Å²) in [6, 6.07) is 6.10. The number of benzene rings is 2. The molecule has 0 radical (unpaired) electrons. The van der Waals surface area contributed by atoms with Crippen LogP contribution in [0, 0.1) is 5.92 Å². The van der Waals surface area contributed by atoms with Crippen LogP contribution in [-0.4, -0.2) is 24.4 Å². The molecule has 2 aromatic rings. The molecule has 9 heteroatoms. The molecule has 0 saturated heterocycles. The number of halogens is 4. The highest BCUT2D eigenvalue weighted by atomic mass is 35.5. The molecule has 0 aliphatic carbocycles. The molecule has 0 atom stereocenters. The highest BCUT2D eigenvalue weighted by Gasteiger charge is 2.43. The van der Waals surface area contributed by atoms with Gasteiger partial charge in [0, 0.05) is 0 Å². The Balaban J connectivity index is 2.11. The molecule has 0 N–H and O–H groups in total. The number of nitrogens with zero attached hydrogens (tertiary/aromatic N) is 1. The maximum Gasteiger partial charge on any atom is 0.340 e. The molecule has 0 unspecified atom stereocenters. The third-order valence-corrected chi connectivity index (χ3v) is 5.82. The summed E-state index contributed by atoms with van der Waals surface area (Å²) in [5.41, 5.74) is -0.197. The fourth-order valence-corrected chi connectivity index (χ4v) is 3.74. The Morgan fingerprint density at radius 1 is 0.929 bits per heavy atom.